The van der Waals surface area contributed by atoms with Crippen molar-refractivity contribution in [2.75, 3.05) is 13.7 Å². The molecular formula is C13H21ClN2O2. The molecule has 0 bridgehead atoms. The van der Waals surface area contributed by atoms with Crippen molar-refractivity contribution in [3.63, 3.8) is 0 Å². The number of nitrogens with one attached hydrogen (secondary N) is 1. The Balaban J connectivity index is 0.00000289. The van der Waals surface area contributed by atoms with Crippen molar-refractivity contribution in [3.05, 3.63) is 29.3 Å². The van der Waals surface area contributed by atoms with Gasteiger partial charge >= 0.3 is 0 Å². The van der Waals surface area contributed by atoms with Crippen LogP contribution in [-0.4, -0.2) is 19.6 Å². The van der Waals surface area contributed by atoms with Crippen LogP contribution in [0.25, 0.3) is 0 Å². The molecule has 0 heterocycles. The lowest BCUT2D eigenvalue weighted by Crippen LogP contribution is -2.32. The minimum absolute atomic E-state index is 0. The van der Waals surface area contributed by atoms with Gasteiger partial charge in [-0.15, -0.1) is 12.4 Å². The van der Waals surface area contributed by atoms with E-state index in [1.54, 1.807) is 7.11 Å². The fourth-order valence-corrected chi connectivity index (χ4v) is 1.44. The summed E-state index contributed by atoms with van der Waals surface area (Å²) < 4.78 is 5.23. The van der Waals surface area contributed by atoms with Gasteiger partial charge in [-0.2, -0.15) is 0 Å². The third-order valence-corrected chi connectivity index (χ3v) is 2.74. The lowest BCUT2D eigenvalue weighted by molar-refractivity contribution is -0.124. The van der Waals surface area contributed by atoms with Crippen LogP contribution in [0.2, 0.25) is 0 Å². The van der Waals surface area contributed by atoms with Gasteiger partial charge in [0.25, 0.3) is 0 Å². The quantitative estimate of drug-likeness (QED) is 0.856. The molecule has 0 radical (unpaired) electrons. The second-order valence-electron chi connectivity index (χ2n) is 4.16. The summed E-state index contributed by atoms with van der Waals surface area (Å²) in [4.78, 5) is 11.5. The van der Waals surface area contributed by atoms with E-state index < -0.39 is 0 Å². The zero-order chi connectivity index (χ0) is 12.8. The SMILES string of the molecule is COc1cc(CNC(=O)C(C)CN)ccc1C.Cl. The summed E-state index contributed by atoms with van der Waals surface area (Å²) in [6.45, 7) is 4.66. The number of amides is 1. The van der Waals surface area contributed by atoms with Gasteiger partial charge in [-0.05, 0) is 24.1 Å². The molecule has 3 N–H and O–H groups in total. The van der Waals surface area contributed by atoms with Gasteiger partial charge in [0, 0.05) is 19.0 Å². The predicted molar refractivity (Wildman–Crippen MR) is 75.0 cm³/mol. The van der Waals surface area contributed by atoms with E-state index in [4.69, 9.17) is 10.5 Å². The van der Waals surface area contributed by atoms with Crippen molar-refractivity contribution < 1.29 is 9.53 Å². The molecule has 0 saturated heterocycles. The minimum Gasteiger partial charge on any atom is -0.496 e. The van der Waals surface area contributed by atoms with Gasteiger partial charge in [0.15, 0.2) is 0 Å². The summed E-state index contributed by atoms with van der Waals surface area (Å²) in [5.41, 5.74) is 7.53. The maximum atomic E-state index is 11.5. The fraction of sp³-hybridized carbons (Fsp3) is 0.462. The molecule has 1 aromatic carbocycles. The first kappa shape index (κ1) is 16.7. The first-order valence-corrected chi connectivity index (χ1v) is 5.69. The number of carbonyl (C=O) groups is 1. The monoisotopic (exact) mass is 272 g/mol. The molecule has 0 spiro atoms. The van der Waals surface area contributed by atoms with Crippen LogP contribution in [-0.2, 0) is 11.3 Å². The van der Waals surface area contributed by atoms with Gasteiger partial charge in [0.05, 0.1) is 7.11 Å². The number of methoxy groups -OCH3 is 1. The molecule has 1 aromatic rings. The van der Waals surface area contributed by atoms with Gasteiger partial charge in [0.2, 0.25) is 5.91 Å². The van der Waals surface area contributed by atoms with E-state index in [1.165, 1.54) is 0 Å². The minimum atomic E-state index is -0.151. The standard InChI is InChI=1S/C13H20N2O2.ClH/c1-9-4-5-11(6-12(9)17-3)8-15-13(16)10(2)7-14;/h4-6,10H,7-8,14H2,1-3H3,(H,15,16);1H. The van der Waals surface area contributed by atoms with E-state index in [0.29, 0.717) is 13.1 Å². The van der Waals surface area contributed by atoms with Crippen LogP contribution in [0, 0.1) is 12.8 Å². The number of ether oxygens (including phenoxy) is 1. The molecule has 102 valence electrons. The molecule has 4 nitrogen and oxygen atoms in total. The van der Waals surface area contributed by atoms with E-state index in [2.05, 4.69) is 5.32 Å². The zero-order valence-corrected chi connectivity index (χ0v) is 11.8. The van der Waals surface area contributed by atoms with E-state index in [1.807, 2.05) is 32.0 Å². The second-order valence-corrected chi connectivity index (χ2v) is 4.16. The molecule has 1 rings (SSSR count). The highest BCUT2D eigenvalue weighted by Gasteiger charge is 2.10. The average molecular weight is 273 g/mol. The van der Waals surface area contributed by atoms with E-state index in [0.717, 1.165) is 16.9 Å². The van der Waals surface area contributed by atoms with Gasteiger partial charge in [0.1, 0.15) is 5.75 Å². The Morgan fingerprint density at radius 3 is 2.72 bits per heavy atom. The Morgan fingerprint density at radius 2 is 2.17 bits per heavy atom. The second kappa shape index (κ2) is 7.95. The molecule has 18 heavy (non-hydrogen) atoms. The molecule has 0 aromatic heterocycles. The van der Waals surface area contributed by atoms with E-state index >= 15 is 0 Å². The normalized spacial score (nSPS) is 11.3. The van der Waals surface area contributed by atoms with Crippen molar-refractivity contribution in [1.82, 2.24) is 5.32 Å². The van der Waals surface area contributed by atoms with Crippen molar-refractivity contribution in [2.24, 2.45) is 11.7 Å². The third kappa shape index (κ3) is 4.55. The van der Waals surface area contributed by atoms with Gasteiger partial charge in [-0.25, -0.2) is 0 Å². The lowest BCUT2D eigenvalue weighted by atomic mass is 10.1. The summed E-state index contributed by atoms with van der Waals surface area (Å²) in [6, 6.07) is 5.89. The Kier molecular flexibility index (Phi) is 7.39. The van der Waals surface area contributed by atoms with E-state index in [-0.39, 0.29) is 24.2 Å². The Bertz CT molecular complexity index is 397. The summed E-state index contributed by atoms with van der Waals surface area (Å²) in [5.74, 6) is 0.665. The van der Waals surface area contributed by atoms with Crippen molar-refractivity contribution in [3.8, 4) is 5.75 Å². The van der Waals surface area contributed by atoms with Crippen molar-refractivity contribution >= 4 is 18.3 Å². The molecule has 0 aliphatic rings. The predicted octanol–water partition coefficient (Wildman–Crippen LogP) is 1.64. The Labute approximate surface area is 114 Å². The Morgan fingerprint density at radius 1 is 1.50 bits per heavy atom. The highest BCUT2D eigenvalue weighted by molar-refractivity contribution is 5.85. The molecule has 1 amide bonds. The first-order valence-electron chi connectivity index (χ1n) is 5.69. The van der Waals surface area contributed by atoms with Crippen molar-refractivity contribution in [2.45, 2.75) is 20.4 Å². The van der Waals surface area contributed by atoms with Crippen LogP contribution in [0.4, 0.5) is 0 Å². The van der Waals surface area contributed by atoms with Crippen LogP contribution in [0.5, 0.6) is 5.75 Å². The third-order valence-electron chi connectivity index (χ3n) is 2.74. The Hall–Kier alpha value is -1.26. The zero-order valence-electron chi connectivity index (χ0n) is 11.0. The van der Waals surface area contributed by atoms with E-state index in [9.17, 15) is 4.79 Å². The van der Waals surface area contributed by atoms with Crippen LogP contribution >= 0.6 is 12.4 Å². The summed E-state index contributed by atoms with van der Waals surface area (Å²) >= 11 is 0. The van der Waals surface area contributed by atoms with Gasteiger partial charge in [-0.1, -0.05) is 19.1 Å². The largest absolute Gasteiger partial charge is 0.496 e. The maximum Gasteiger partial charge on any atom is 0.224 e. The van der Waals surface area contributed by atoms with Crippen LogP contribution < -0.4 is 15.8 Å². The molecule has 1 unspecified atom stereocenters. The number of aryl methyl sites for hydroxylation is 1. The van der Waals surface area contributed by atoms with Crippen LogP contribution in [0.1, 0.15) is 18.1 Å². The maximum absolute atomic E-state index is 11.5. The van der Waals surface area contributed by atoms with Crippen LogP contribution in [0.3, 0.4) is 0 Å². The number of carbonyl (C=O) groups excluding carboxylic acids is 1. The molecule has 1 atom stereocenters. The fourth-order valence-electron chi connectivity index (χ4n) is 1.44. The molecule has 0 aliphatic carbocycles. The number of nitrogens with two attached hydrogens (primary N) is 1. The number of hydrogen-bond acceptors (Lipinski definition) is 3. The number of benzene rings is 1. The smallest absolute Gasteiger partial charge is 0.224 e. The average Bonchev–Trinajstić information content (AvgIpc) is 2.36. The molecule has 0 saturated carbocycles. The molecular weight excluding hydrogens is 252 g/mol. The number of hydrogen-bond donors (Lipinski definition) is 2. The number of rotatable bonds is 5. The summed E-state index contributed by atoms with van der Waals surface area (Å²) in [7, 11) is 1.64. The van der Waals surface area contributed by atoms with Crippen LogP contribution in [0.15, 0.2) is 18.2 Å². The molecule has 5 heteroatoms. The van der Waals surface area contributed by atoms with Crippen molar-refractivity contribution in [1.29, 1.82) is 0 Å². The highest BCUT2D eigenvalue weighted by atomic mass is 35.5. The highest BCUT2D eigenvalue weighted by Crippen LogP contribution is 2.18. The summed E-state index contributed by atoms with van der Waals surface area (Å²) in [5, 5.41) is 2.85. The van der Waals surface area contributed by atoms with Gasteiger partial charge in [-0.3, -0.25) is 4.79 Å². The first-order chi connectivity index (χ1) is 8.08. The van der Waals surface area contributed by atoms with Gasteiger partial charge < -0.3 is 15.8 Å². The number of halogens is 1. The summed E-state index contributed by atoms with van der Waals surface area (Å²) in [6.07, 6.45) is 0. The molecule has 0 aliphatic heterocycles. The topological polar surface area (TPSA) is 64.3 Å². The molecule has 0 fully saturated rings. The lowest BCUT2D eigenvalue weighted by Gasteiger charge is -2.11.